The molecule has 3 heteroatoms. The Labute approximate surface area is 104 Å². The van der Waals surface area contributed by atoms with Crippen molar-refractivity contribution in [3.8, 4) is 0 Å². The lowest BCUT2D eigenvalue weighted by Gasteiger charge is -2.44. The van der Waals surface area contributed by atoms with E-state index in [-0.39, 0.29) is 0 Å². The van der Waals surface area contributed by atoms with Gasteiger partial charge in [-0.1, -0.05) is 30.2 Å². The van der Waals surface area contributed by atoms with E-state index >= 15 is 0 Å². The number of nitrogens with zero attached hydrogens (tertiary/aromatic N) is 1. The molecular formula is C11H16NO2-. The Morgan fingerprint density at radius 2 is 2.00 bits per heavy atom. The first-order chi connectivity index (χ1) is 12.2. The molecule has 0 aliphatic rings. The summed E-state index contributed by atoms with van der Waals surface area (Å²) in [6.45, 7) is -12.0. The molecule has 1 unspecified atom stereocenters. The quantitative estimate of drug-likeness (QED) is 0.599. The van der Waals surface area contributed by atoms with Gasteiger partial charge in [0, 0.05) is 17.9 Å². The lowest BCUT2D eigenvalue weighted by molar-refractivity contribution is -0.0161. The van der Waals surface area contributed by atoms with Crippen LogP contribution in [0.3, 0.4) is 0 Å². The van der Waals surface area contributed by atoms with Crippen LogP contribution in [0.5, 0.6) is 0 Å². The summed E-state index contributed by atoms with van der Waals surface area (Å²) in [7, 11) is 0. The maximum Gasteiger partial charge on any atom is 0.122 e. The Balaban J connectivity index is 3.89. The van der Waals surface area contributed by atoms with Gasteiger partial charge in [-0.25, -0.2) is 0 Å². The van der Waals surface area contributed by atoms with Crippen molar-refractivity contribution in [2.75, 3.05) is 0 Å². The van der Waals surface area contributed by atoms with Crippen LogP contribution in [0.2, 0.25) is 0 Å². The molecule has 0 aliphatic carbocycles. The Bertz CT molecular complexity index is 687. The lowest BCUT2D eigenvalue weighted by atomic mass is 10.1. The summed E-state index contributed by atoms with van der Waals surface area (Å²) in [5, 5.41) is 21.9. The van der Waals surface area contributed by atoms with E-state index in [0.717, 1.165) is 0 Å². The predicted octanol–water partition coefficient (Wildman–Crippen LogP) is 2.28. The molecule has 0 saturated carbocycles. The molecule has 1 aromatic rings. The molecule has 0 heterocycles. The first-order valence-electron chi connectivity index (χ1n) is 10.5. The van der Waals surface area contributed by atoms with Gasteiger partial charge in [-0.05, 0) is 26.1 Å². The molecule has 1 N–H and O–H groups in total. The molecule has 1 atom stereocenters. The predicted molar refractivity (Wildman–Crippen MR) is 56.4 cm³/mol. The number of hydrogen-bond donors (Lipinski definition) is 1. The van der Waals surface area contributed by atoms with Crippen LogP contribution in [0.25, 0.3) is 0 Å². The van der Waals surface area contributed by atoms with E-state index in [2.05, 4.69) is 0 Å². The fourth-order valence-corrected chi connectivity index (χ4v) is 0.689. The minimum atomic E-state index is -4.14. The molecule has 0 amide bonds. The number of rotatable bonds is 2. The van der Waals surface area contributed by atoms with Gasteiger partial charge in [-0.3, -0.25) is 0 Å². The van der Waals surface area contributed by atoms with Gasteiger partial charge in [0.15, 0.2) is 0 Å². The molecule has 1 aromatic carbocycles. The average molecular weight is 208 g/mol. The first-order valence-corrected chi connectivity index (χ1v) is 3.46. The van der Waals surface area contributed by atoms with Crippen molar-refractivity contribution in [1.82, 2.24) is 5.06 Å². The summed E-state index contributed by atoms with van der Waals surface area (Å²) in [5.41, 5.74) is -5.29. The van der Waals surface area contributed by atoms with Crippen molar-refractivity contribution < 1.29 is 24.3 Å². The smallest absolute Gasteiger partial charge is 0.122 e. The van der Waals surface area contributed by atoms with Gasteiger partial charge in [0.05, 0.1) is 6.85 Å². The molecule has 3 nitrogen and oxygen atoms in total. The highest BCUT2D eigenvalue weighted by molar-refractivity contribution is 5.17. The molecule has 0 aromatic heterocycles. The summed E-state index contributed by atoms with van der Waals surface area (Å²) in [4.78, 5) is 0. The van der Waals surface area contributed by atoms with Crippen LogP contribution in [-0.4, -0.2) is 15.7 Å². The van der Waals surface area contributed by atoms with E-state index in [1.165, 1.54) is 0 Å². The Hall–Kier alpha value is -0.900. The molecule has 14 heavy (non-hydrogen) atoms. The summed E-state index contributed by atoms with van der Waals surface area (Å²) >= 11 is 0. The summed E-state index contributed by atoms with van der Waals surface area (Å²) < 4.78 is 105. The number of benzene rings is 1. The van der Waals surface area contributed by atoms with E-state index in [0.29, 0.717) is 0 Å². The van der Waals surface area contributed by atoms with Crippen LogP contribution in [0.4, 0.5) is 0 Å². The topological polar surface area (TPSA) is 46.5 Å². The second kappa shape index (κ2) is 4.09. The van der Waals surface area contributed by atoms with Crippen LogP contribution >= 0.6 is 0 Å². The Kier molecular flexibility index (Phi) is 0.762. The van der Waals surface area contributed by atoms with Crippen LogP contribution < -0.4 is 0 Å². The monoisotopic (exact) mass is 208 g/mol. The molecule has 0 fully saturated rings. The Morgan fingerprint density at radius 1 is 1.43 bits per heavy atom. The van der Waals surface area contributed by atoms with E-state index < -0.39 is 73.2 Å². The Morgan fingerprint density at radius 3 is 2.50 bits per heavy atom. The minimum Gasteiger partial charge on any atom is -0.783 e. The second-order valence-electron chi connectivity index (χ2n) is 2.45. The largest absolute Gasteiger partial charge is 0.783 e. The molecule has 78 valence electrons. The number of hydrogen-bond acceptors (Lipinski definition) is 3. The molecule has 0 bridgehead atoms. The van der Waals surface area contributed by atoms with Gasteiger partial charge in [0.1, 0.15) is 6.23 Å². The average Bonchev–Trinajstić information content (AvgIpc) is 2.47. The fourth-order valence-electron chi connectivity index (χ4n) is 0.689. The van der Waals surface area contributed by atoms with Crippen molar-refractivity contribution in [3.63, 3.8) is 0 Å². The minimum absolute atomic E-state index is 0.892. The van der Waals surface area contributed by atoms with E-state index in [1.807, 2.05) is 0 Å². The number of aliphatic hydroxyl groups excluding tert-OH is 1. The van der Waals surface area contributed by atoms with Crippen molar-refractivity contribution >= 4 is 0 Å². The third-order valence-corrected chi connectivity index (χ3v) is 1.33. The zero-order chi connectivity index (χ0) is 22.6. The van der Waals surface area contributed by atoms with Crippen molar-refractivity contribution in [2.24, 2.45) is 0 Å². The van der Waals surface area contributed by atoms with Gasteiger partial charge >= 0.3 is 0 Å². The number of hydroxylamine groups is 2. The van der Waals surface area contributed by atoms with E-state index in [1.54, 1.807) is 0 Å². The molecule has 0 radical (unpaired) electrons. The summed E-state index contributed by atoms with van der Waals surface area (Å²) in [6, 6.07) is -5.11. The van der Waals surface area contributed by atoms with Crippen molar-refractivity contribution in [3.05, 3.63) is 41.0 Å². The van der Waals surface area contributed by atoms with Crippen molar-refractivity contribution in [2.45, 2.75) is 32.3 Å². The fraction of sp³-hybridized carbons (Fsp3) is 0.455. The molecule has 0 saturated heterocycles. The van der Waals surface area contributed by atoms with Crippen LogP contribution in [0.15, 0.2) is 30.2 Å². The third kappa shape index (κ3) is 2.54. The highest BCUT2D eigenvalue weighted by Gasteiger charge is 2.19. The van der Waals surface area contributed by atoms with Crippen LogP contribution in [-0.2, 0) is 0 Å². The molecular weight excluding hydrogens is 178 g/mol. The molecule has 0 aliphatic heterocycles. The third-order valence-electron chi connectivity index (χ3n) is 1.33. The summed E-state index contributed by atoms with van der Waals surface area (Å²) in [5.74, 6) is 0. The van der Waals surface area contributed by atoms with E-state index in [4.69, 9.17) is 19.2 Å². The first kappa shape index (κ1) is 2.61. The van der Waals surface area contributed by atoms with Crippen LogP contribution in [0.1, 0.15) is 51.5 Å². The van der Waals surface area contributed by atoms with Crippen LogP contribution in [0, 0.1) is 5.21 Å². The molecule has 0 spiro atoms. The highest BCUT2D eigenvalue weighted by atomic mass is 16.5. The zero-order valence-electron chi connectivity index (χ0n) is 20.9. The second-order valence-corrected chi connectivity index (χ2v) is 2.45. The van der Waals surface area contributed by atoms with Gasteiger partial charge in [0.2, 0.25) is 0 Å². The standard InChI is InChI=1S/C11H16NO2/c1-11(2,3)12(14)10(13)9-7-5-4-6-8-9/h4-8,10,13H,1-3H3/q-1/i1D3,2D3,3D3,4D,5D,6D,7D,8D. The maximum atomic E-state index is 12.8. The van der Waals surface area contributed by atoms with E-state index in [9.17, 15) is 10.3 Å². The highest BCUT2D eigenvalue weighted by Crippen LogP contribution is 2.24. The normalized spacial score (nSPS) is 31.6. The van der Waals surface area contributed by atoms with Crippen molar-refractivity contribution in [1.29, 1.82) is 0 Å². The zero-order valence-corrected chi connectivity index (χ0v) is 6.88. The van der Waals surface area contributed by atoms with Gasteiger partial charge in [-0.2, -0.15) is 0 Å². The van der Waals surface area contributed by atoms with Gasteiger partial charge in [-0.15, -0.1) is 0 Å². The summed E-state index contributed by atoms with van der Waals surface area (Å²) in [6.07, 6.45) is -2.99. The SMILES string of the molecule is [2H]c1c([2H])c([2H])c(C(O)N([O-])C(C([2H])([2H])[2H])(C([2H])([2H])[2H])C([2H])([2H])[2H])c([2H])c1[2H]. The van der Waals surface area contributed by atoms with Gasteiger partial charge < -0.3 is 15.4 Å². The lowest BCUT2D eigenvalue weighted by Crippen LogP contribution is -2.39. The number of aliphatic hydroxyl groups is 1. The molecule has 1 rings (SSSR count). The van der Waals surface area contributed by atoms with Gasteiger partial charge in [0.25, 0.3) is 0 Å². The maximum absolute atomic E-state index is 12.8.